The smallest absolute Gasteiger partial charge is 0.309 e. The summed E-state index contributed by atoms with van der Waals surface area (Å²) in [7, 11) is 0. The Bertz CT molecular complexity index is 507. The van der Waals surface area contributed by atoms with Crippen LogP contribution in [0.4, 0.5) is 0 Å². The van der Waals surface area contributed by atoms with Gasteiger partial charge in [0.05, 0.1) is 5.92 Å². The van der Waals surface area contributed by atoms with Gasteiger partial charge in [0, 0.05) is 5.56 Å². The van der Waals surface area contributed by atoms with Crippen molar-refractivity contribution < 1.29 is 14.3 Å². The van der Waals surface area contributed by atoms with Crippen molar-refractivity contribution in [3.8, 4) is 0 Å². The van der Waals surface area contributed by atoms with Gasteiger partial charge >= 0.3 is 5.97 Å². The third-order valence-corrected chi connectivity index (χ3v) is 4.77. The zero-order chi connectivity index (χ0) is 16.1. The molecule has 3 heteroatoms. The molecule has 3 nitrogen and oxygen atoms in total. The van der Waals surface area contributed by atoms with Gasteiger partial charge in [0.2, 0.25) is 0 Å². The Balaban J connectivity index is 1.94. The molecule has 0 radical (unpaired) electrons. The van der Waals surface area contributed by atoms with Crippen molar-refractivity contribution in [3.63, 3.8) is 0 Å². The summed E-state index contributed by atoms with van der Waals surface area (Å²) >= 11 is 0. The summed E-state index contributed by atoms with van der Waals surface area (Å²) < 4.78 is 5.34. The highest BCUT2D eigenvalue weighted by atomic mass is 16.5. The van der Waals surface area contributed by atoms with Crippen LogP contribution in [0.25, 0.3) is 0 Å². The van der Waals surface area contributed by atoms with Crippen molar-refractivity contribution in [2.24, 2.45) is 23.7 Å². The molecule has 1 fully saturated rings. The second kappa shape index (κ2) is 7.57. The van der Waals surface area contributed by atoms with Crippen molar-refractivity contribution in [1.29, 1.82) is 0 Å². The number of benzene rings is 1. The lowest BCUT2D eigenvalue weighted by Gasteiger charge is -2.35. The van der Waals surface area contributed by atoms with E-state index in [4.69, 9.17) is 4.74 Å². The minimum absolute atomic E-state index is 0.0627. The molecule has 1 aromatic carbocycles. The number of ether oxygens (including phenoxy) is 1. The van der Waals surface area contributed by atoms with Gasteiger partial charge in [0.15, 0.2) is 12.4 Å². The van der Waals surface area contributed by atoms with Crippen LogP contribution in [0.2, 0.25) is 0 Å². The average Bonchev–Trinajstić information content (AvgIpc) is 2.52. The van der Waals surface area contributed by atoms with Crippen LogP contribution in [0.5, 0.6) is 0 Å². The van der Waals surface area contributed by atoms with Crippen LogP contribution in [0.15, 0.2) is 30.3 Å². The molecular formula is C19H26O3. The Morgan fingerprint density at radius 1 is 1.18 bits per heavy atom. The molecule has 0 bridgehead atoms. The molecule has 1 saturated carbocycles. The summed E-state index contributed by atoms with van der Waals surface area (Å²) in [5, 5.41) is 0. The number of carbonyl (C=O) groups is 2. The van der Waals surface area contributed by atoms with Crippen LogP contribution < -0.4 is 0 Å². The second-order valence-electron chi connectivity index (χ2n) is 6.83. The molecule has 1 aromatic rings. The minimum Gasteiger partial charge on any atom is -0.457 e. The van der Waals surface area contributed by atoms with Gasteiger partial charge in [-0.05, 0) is 30.6 Å². The van der Waals surface area contributed by atoms with Crippen LogP contribution >= 0.6 is 0 Å². The third-order valence-electron chi connectivity index (χ3n) is 4.77. The van der Waals surface area contributed by atoms with Crippen molar-refractivity contribution in [2.75, 3.05) is 6.61 Å². The average molecular weight is 302 g/mol. The van der Waals surface area contributed by atoms with Gasteiger partial charge in [-0.15, -0.1) is 0 Å². The maximum Gasteiger partial charge on any atom is 0.309 e. The van der Waals surface area contributed by atoms with Gasteiger partial charge < -0.3 is 4.74 Å². The first-order valence-corrected chi connectivity index (χ1v) is 8.24. The predicted octanol–water partition coefficient (Wildman–Crippen LogP) is 4.12. The lowest BCUT2D eigenvalue weighted by Crippen LogP contribution is -2.35. The van der Waals surface area contributed by atoms with Crippen LogP contribution in [0, 0.1) is 23.7 Å². The van der Waals surface area contributed by atoms with Crippen molar-refractivity contribution in [1.82, 2.24) is 0 Å². The van der Waals surface area contributed by atoms with Crippen molar-refractivity contribution in [2.45, 2.75) is 40.0 Å². The van der Waals surface area contributed by atoms with E-state index in [-0.39, 0.29) is 24.3 Å². The van der Waals surface area contributed by atoms with Crippen LogP contribution in [-0.4, -0.2) is 18.4 Å². The molecule has 0 aromatic heterocycles. The molecule has 1 aliphatic rings. The SMILES string of the molecule is CC(C)[C@H]1CC[C@@H](C)C[C@@H]1C(=O)OCC(=O)c1ccccc1. The molecule has 22 heavy (non-hydrogen) atoms. The van der Waals surface area contributed by atoms with Gasteiger partial charge in [0.25, 0.3) is 0 Å². The van der Waals surface area contributed by atoms with Gasteiger partial charge in [0.1, 0.15) is 0 Å². The highest BCUT2D eigenvalue weighted by Crippen LogP contribution is 2.38. The standard InChI is InChI=1S/C19H26O3/c1-13(2)16-10-9-14(3)11-17(16)19(21)22-12-18(20)15-7-5-4-6-8-15/h4-8,13-14,16-17H,9-12H2,1-3H3/t14-,16-,17+/m1/s1. The maximum atomic E-state index is 12.4. The van der Waals surface area contributed by atoms with Gasteiger partial charge in [-0.2, -0.15) is 0 Å². The summed E-state index contributed by atoms with van der Waals surface area (Å²) in [5.41, 5.74) is 0.590. The molecule has 0 N–H and O–H groups in total. The van der Waals surface area contributed by atoms with E-state index in [0.717, 1.165) is 12.8 Å². The molecule has 0 heterocycles. The Morgan fingerprint density at radius 2 is 1.86 bits per heavy atom. The van der Waals surface area contributed by atoms with E-state index in [9.17, 15) is 9.59 Å². The summed E-state index contributed by atoms with van der Waals surface area (Å²) in [6, 6.07) is 8.98. The molecule has 0 saturated heterocycles. The number of rotatable bonds is 5. The fourth-order valence-electron chi connectivity index (χ4n) is 3.42. The van der Waals surface area contributed by atoms with E-state index in [2.05, 4.69) is 20.8 Å². The first-order chi connectivity index (χ1) is 10.5. The first kappa shape index (κ1) is 16.7. The topological polar surface area (TPSA) is 43.4 Å². The van der Waals surface area contributed by atoms with Gasteiger partial charge in [-0.1, -0.05) is 57.5 Å². The van der Waals surface area contributed by atoms with Gasteiger partial charge in [-0.3, -0.25) is 9.59 Å². The summed E-state index contributed by atoms with van der Waals surface area (Å²) in [6.45, 7) is 6.36. The Kier molecular flexibility index (Phi) is 5.76. The molecular weight excluding hydrogens is 276 g/mol. The number of Topliss-reactive ketones (excluding diaryl/α,β-unsaturated/α-hetero) is 1. The number of hydrogen-bond donors (Lipinski definition) is 0. The van der Waals surface area contributed by atoms with E-state index >= 15 is 0 Å². The molecule has 2 rings (SSSR count). The largest absolute Gasteiger partial charge is 0.457 e. The molecule has 3 atom stereocenters. The molecule has 0 aliphatic heterocycles. The predicted molar refractivity (Wildman–Crippen MR) is 86.6 cm³/mol. The van der Waals surface area contributed by atoms with Crippen LogP contribution in [0.1, 0.15) is 50.4 Å². The molecule has 0 spiro atoms. The highest BCUT2D eigenvalue weighted by Gasteiger charge is 2.36. The number of carbonyl (C=O) groups excluding carboxylic acids is 2. The third kappa shape index (κ3) is 4.19. The van der Waals surface area contributed by atoms with Gasteiger partial charge in [-0.25, -0.2) is 0 Å². The number of esters is 1. The van der Waals surface area contributed by atoms with E-state index in [1.807, 2.05) is 18.2 Å². The fraction of sp³-hybridized carbons (Fsp3) is 0.579. The zero-order valence-electron chi connectivity index (χ0n) is 13.7. The van der Waals surface area contributed by atoms with Crippen molar-refractivity contribution in [3.05, 3.63) is 35.9 Å². The zero-order valence-corrected chi connectivity index (χ0v) is 13.7. The second-order valence-corrected chi connectivity index (χ2v) is 6.83. The molecule has 1 aliphatic carbocycles. The van der Waals surface area contributed by atoms with E-state index in [0.29, 0.717) is 23.3 Å². The highest BCUT2D eigenvalue weighted by molar-refractivity contribution is 5.97. The van der Waals surface area contributed by atoms with Crippen LogP contribution in [0.3, 0.4) is 0 Å². The summed E-state index contributed by atoms with van der Waals surface area (Å²) in [5.74, 6) is 0.989. The Labute approximate surface area is 133 Å². The molecule has 120 valence electrons. The monoisotopic (exact) mass is 302 g/mol. The molecule has 0 unspecified atom stereocenters. The van der Waals surface area contributed by atoms with E-state index in [1.54, 1.807) is 12.1 Å². The first-order valence-electron chi connectivity index (χ1n) is 8.24. The maximum absolute atomic E-state index is 12.4. The lowest BCUT2D eigenvalue weighted by atomic mass is 9.70. The minimum atomic E-state index is -0.200. The van der Waals surface area contributed by atoms with Crippen molar-refractivity contribution >= 4 is 11.8 Å². The Morgan fingerprint density at radius 3 is 2.50 bits per heavy atom. The van der Waals surface area contributed by atoms with E-state index in [1.165, 1.54) is 6.42 Å². The van der Waals surface area contributed by atoms with E-state index < -0.39 is 0 Å². The summed E-state index contributed by atoms with van der Waals surface area (Å²) in [6.07, 6.45) is 3.13. The normalized spacial score (nSPS) is 25.0. The molecule has 0 amide bonds. The quantitative estimate of drug-likeness (QED) is 0.607. The number of ketones is 1. The fourth-order valence-corrected chi connectivity index (χ4v) is 3.42. The Hall–Kier alpha value is -1.64. The lowest BCUT2D eigenvalue weighted by molar-refractivity contribution is -0.152. The number of hydrogen-bond acceptors (Lipinski definition) is 3. The summed E-state index contributed by atoms with van der Waals surface area (Å²) in [4.78, 5) is 24.5. The van der Waals surface area contributed by atoms with Crippen LogP contribution in [-0.2, 0) is 9.53 Å².